The predicted octanol–water partition coefficient (Wildman–Crippen LogP) is 1.70. The fourth-order valence-electron chi connectivity index (χ4n) is 2.06. The Morgan fingerprint density at radius 3 is 2.76 bits per heavy atom. The summed E-state index contributed by atoms with van der Waals surface area (Å²) in [6.45, 7) is 6.53. The second-order valence-corrected chi connectivity index (χ2v) is 4.07. The lowest BCUT2D eigenvalue weighted by atomic mass is 10.0. The first-order valence-corrected chi connectivity index (χ1v) is 5.58. The maximum Gasteiger partial charge on any atom is 0.307 e. The van der Waals surface area contributed by atoms with Gasteiger partial charge in [-0.2, -0.15) is 5.10 Å². The zero-order valence-corrected chi connectivity index (χ0v) is 10.2. The number of hydrogen-bond acceptors (Lipinski definition) is 3. The Hall–Kier alpha value is -1.91. The molecule has 2 heterocycles. The zero-order valence-electron chi connectivity index (χ0n) is 10.2. The summed E-state index contributed by atoms with van der Waals surface area (Å²) in [5.41, 5.74) is 3.36. The molecule has 0 aromatic carbocycles. The molecule has 2 aromatic rings. The molecule has 0 saturated heterocycles. The van der Waals surface area contributed by atoms with E-state index in [1.54, 1.807) is 6.20 Å². The lowest BCUT2D eigenvalue weighted by Crippen LogP contribution is -2.07. The lowest BCUT2D eigenvalue weighted by Gasteiger charge is -2.08. The molecule has 17 heavy (non-hydrogen) atoms. The van der Waals surface area contributed by atoms with Crippen molar-refractivity contribution in [2.75, 3.05) is 0 Å². The Labute approximate surface area is 99.1 Å². The van der Waals surface area contributed by atoms with E-state index >= 15 is 0 Å². The van der Waals surface area contributed by atoms with Crippen LogP contribution in [0.1, 0.15) is 23.7 Å². The highest BCUT2D eigenvalue weighted by Crippen LogP contribution is 2.22. The molecule has 2 rings (SSSR count). The van der Waals surface area contributed by atoms with Gasteiger partial charge >= 0.3 is 5.97 Å². The normalized spacial score (nSPS) is 11.0. The first-order chi connectivity index (χ1) is 8.04. The summed E-state index contributed by atoms with van der Waals surface area (Å²) >= 11 is 0. The smallest absolute Gasteiger partial charge is 0.307 e. The van der Waals surface area contributed by atoms with Crippen molar-refractivity contribution in [1.82, 2.24) is 14.8 Å². The fourth-order valence-corrected chi connectivity index (χ4v) is 2.06. The number of fused-ring (bicyclic) bond motifs is 1. The van der Waals surface area contributed by atoms with Crippen molar-refractivity contribution in [2.24, 2.45) is 0 Å². The van der Waals surface area contributed by atoms with Crippen molar-refractivity contribution in [1.29, 1.82) is 0 Å². The number of carbonyl (C=O) groups is 1. The van der Waals surface area contributed by atoms with Crippen LogP contribution in [0.4, 0.5) is 0 Å². The minimum absolute atomic E-state index is 0.0118. The van der Waals surface area contributed by atoms with Crippen LogP contribution in [0.25, 0.3) is 11.0 Å². The molecule has 0 aliphatic rings. The number of carboxylic acids is 1. The molecular formula is C12H15N3O2. The van der Waals surface area contributed by atoms with Crippen molar-refractivity contribution >= 4 is 17.0 Å². The molecule has 0 atom stereocenters. The Morgan fingerprint density at radius 2 is 2.18 bits per heavy atom. The van der Waals surface area contributed by atoms with Gasteiger partial charge in [0.2, 0.25) is 0 Å². The third kappa shape index (κ3) is 1.88. The van der Waals surface area contributed by atoms with Crippen molar-refractivity contribution in [3.63, 3.8) is 0 Å². The van der Waals surface area contributed by atoms with Gasteiger partial charge in [-0.15, -0.1) is 0 Å². The van der Waals surface area contributed by atoms with Gasteiger partial charge in [0.25, 0.3) is 0 Å². The van der Waals surface area contributed by atoms with Gasteiger partial charge in [-0.3, -0.25) is 4.79 Å². The minimum Gasteiger partial charge on any atom is -0.481 e. The van der Waals surface area contributed by atoms with Crippen molar-refractivity contribution in [2.45, 2.75) is 33.7 Å². The standard InChI is InChI=1S/C12H15N3O2/c1-4-15-12-10(6-13-15)7(2)9(5-11(16)17)8(3)14-12/h6H,4-5H2,1-3H3,(H,16,17). The van der Waals surface area contributed by atoms with Crippen molar-refractivity contribution in [3.8, 4) is 0 Å². The predicted molar refractivity (Wildman–Crippen MR) is 64.0 cm³/mol. The number of aromatic nitrogens is 3. The van der Waals surface area contributed by atoms with Crippen molar-refractivity contribution < 1.29 is 9.90 Å². The quantitative estimate of drug-likeness (QED) is 0.876. The number of rotatable bonds is 3. The number of aliphatic carboxylic acids is 1. The third-order valence-electron chi connectivity index (χ3n) is 3.01. The molecule has 0 saturated carbocycles. The van der Waals surface area contributed by atoms with Gasteiger partial charge in [0.1, 0.15) is 0 Å². The first-order valence-electron chi connectivity index (χ1n) is 5.58. The summed E-state index contributed by atoms with van der Waals surface area (Å²) in [4.78, 5) is 15.3. The zero-order chi connectivity index (χ0) is 12.6. The average molecular weight is 233 g/mol. The van der Waals surface area contributed by atoms with Gasteiger partial charge in [-0.1, -0.05) is 0 Å². The van der Waals surface area contributed by atoms with E-state index in [1.807, 2.05) is 25.5 Å². The number of aryl methyl sites for hydroxylation is 3. The van der Waals surface area contributed by atoms with E-state index < -0.39 is 5.97 Å². The first kappa shape index (κ1) is 11.6. The molecule has 0 aliphatic heterocycles. The fraction of sp³-hybridized carbons (Fsp3) is 0.417. The van der Waals surface area contributed by atoms with Gasteiger partial charge in [-0.25, -0.2) is 9.67 Å². The van der Waals surface area contributed by atoms with E-state index in [1.165, 1.54) is 0 Å². The summed E-state index contributed by atoms with van der Waals surface area (Å²) in [5, 5.41) is 14.1. The Bertz CT molecular complexity index is 587. The number of carboxylic acid groups (broad SMARTS) is 1. The Balaban J connectivity index is 2.68. The van der Waals surface area contributed by atoms with E-state index in [2.05, 4.69) is 10.1 Å². The summed E-state index contributed by atoms with van der Waals surface area (Å²) in [7, 11) is 0. The largest absolute Gasteiger partial charge is 0.481 e. The van der Waals surface area contributed by atoms with E-state index in [0.717, 1.165) is 34.4 Å². The van der Waals surface area contributed by atoms with Crippen LogP contribution in [0, 0.1) is 13.8 Å². The highest BCUT2D eigenvalue weighted by atomic mass is 16.4. The molecule has 0 bridgehead atoms. The maximum atomic E-state index is 10.8. The van der Waals surface area contributed by atoms with E-state index in [9.17, 15) is 4.79 Å². The Morgan fingerprint density at radius 1 is 1.47 bits per heavy atom. The second-order valence-electron chi connectivity index (χ2n) is 4.07. The third-order valence-corrected chi connectivity index (χ3v) is 3.01. The molecule has 0 spiro atoms. The van der Waals surface area contributed by atoms with Crippen LogP contribution in [0.15, 0.2) is 6.20 Å². The molecule has 1 N–H and O–H groups in total. The number of pyridine rings is 1. The van der Waals surface area contributed by atoms with Crippen LogP contribution in [-0.2, 0) is 17.8 Å². The van der Waals surface area contributed by atoms with Crippen molar-refractivity contribution in [3.05, 3.63) is 23.0 Å². The van der Waals surface area contributed by atoms with Crippen LogP contribution in [0.2, 0.25) is 0 Å². The summed E-state index contributed by atoms with van der Waals surface area (Å²) < 4.78 is 1.82. The molecule has 2 aromatic heterocycles. The second kappa shape index (κ2) is 4.16. The molecule has 5 heteroatoms. The summed E-state index contributed by atoms with van der Waals surface area (Å²) in [6, 6.07) is 0. The van der Waals surface area contributed by atoms with Crippen LogP contribution < -0.4 is 0 Å². The maximum absolute atomic E-state index is 10.8. The number of hydrogen-bond donors (Lipinski definition) is 1. The van der Waals surface area contributed by atoms with Crippen LogP contribution in [0.3, 0.4) is 0 Å². The molecule has 0 aliphatic carbocycles. The van der Waals surface area contributed by atoms with Gasteiger partial charge in [0.15, 0.2) is 5.65 Å². The molecule has 90 valence electrons. The SMILES string of the molecule is CCn1ncc2c(C)c(CC(=O)O)c(C)nc21. The molecule has 0 unspecified atom stereocenters. The lowest BCUT2D eigenvalue weighted by molar-refractivity contribution is -0.136. The Kier molecular flexibility index (Phi) is 2.83. The van der Waals surface area contributed by atoms with Gasteiger partial charge in [-0.05, 0) is 31.9 Å². The highest BCUT2D eigenvalue weighted by Gasteiger charge is 2.14. The number of nitrogens with zero attached hydrogens (tertiary/aromatic N) is 3. The molecule has 5 nitrogen and oxygen atoms in total. The average Bonchev–Trinajstić information content (AvgIpc) is 2.66. The van der Waals surface area contributed by atoms with Gasteiger partial charge < -0.3 is 5.11 Å². The van der Waals surface area contributed by atoms with Crippen LogP contribution in [-0.4, -0.2) is 25.8 Å². The molecule has 0 fully saturated rings. The highest BCUT2D eigenvalue weighted by molar-refractivity contribution is 5.82. The molecule has 0 amide bonds. The molecular weight excluding hydrogens is 218 g/mol. The summed E-state index contributed by atoms with van der Waals surface area (Å²) in [5.74, 6) is -0.833. The summed E-state index contributed by atoms with van der Waals surface area (Å²) in [6.07, 6.45) is 1.77. The topological polar surface area (TPSA) is 68.0 Å². The van der Waals surface area contributed by atoms with Gasteiger partial charge in [0, 0.05) is 17.6 Å². The van der Waals surface area contributed by atoms with E-state index in [4.69, 9.17) is 5.11 Å². The molecule has 0 radical (unpaired) electrons. The minimum atomic E-state index is -0.833. The van der Waals surface area contributed by atoms with Crippen LogP contribution in [0.5, 0.6) is 0 Å². The van der Waals surface area contributed by atoms with Crippen LogP contribution >= 0.6 is 0 Å². The van der Waals surface area contributed by atoms with Gasteiger partial charge in [0.05, 0.1) is 12.6 Å². The van der Waals surface area contributed by atoms with E-state index in [0.29, 0.717) is 0 Å². The van der Waals surface area contributed by atoms with E-state index in [-0.39, 0.29) is 6.42 Å². The monoisotopic (exact) mass is 233 g/mol.